The van der Waals surface area contributed by atoms with Gasteiger partial charge in [-0.3, -0.25) is 0 Å². The molecule has 1 atom stereocenters. The molecule has 14 heteroatoms. The zero-order valence-electron chi connectivity index (χ0n) is 12.1. The lowest BCUT2D eigenvalue weighted by atomic mass is 10.0. The molecule has 1 rings (SSSR count). The van der Waals surface area contributed by atoms with Gasteiger partial charge >= 0.3 is 31.3 Å². The second-order valence-electron chi connectivity index (χ2n) is 4.56. The van der Waals surface area contributed by atoms with Crippen LogP contribution < -0.4 is 0 Å². The number of benzene rings is 1. The molecule has 0 fully saturated rings. The average molecular weight is 416 g/mol. The Morgan fingerprint density at radius 1 is 0.800 bits per heavy atom. The van der Waals surface area contributed by atoms with E-state index in [0.717, 1.165) is 6.92 Å². The van der Waals surface area contributed by atoms with E-state index in [1.807, 2.05) is 0 Å². The monoisotopic (exact) mass is 416 g/mol. The van der Waals surface area contributed by atoms with Crippen LogP contribution in [0.15, 0.2) is 30.3 Å². The van der Waals surface area contributed by atoms with Gasteiger partial charge in [0.15, 0.2) is 6.29 Å². The molecule has 0 N–H and O–H groups in total. The summed E-state index contributed by atoms with van der Waals surface area (Å²) >= 11 is 0. The Kier molecular flexibility index (Phi) is 6.14. The van der Waals surface area contributed by atoms with Crippen LogP contribution in [0.5, 0.6) is 0 Å². The predicted molar refractivity (Wildman–Crippen MR) is 70.8 cm³/mol. The first-order valence-corrected chi connectivity index (χ1v) is 8.94. The normalized spacial score (nSPS) is 15.4. The molecule has 144 valence electrons. The van der Waals surface area contributed by atoms with E-state index in [9.17, 15) is 43.2 Å². The summed E-state index contributed by atoms with van der Waals surface area (Å²) in [6.07, 6.45) is -2.93. The van der Waals surface area contributed by atoms with Crippen molar-refractivity contribution in [3.8, 4) is 0 Å². The van der Waals surface area contributed by atoms with Crippen LogP contribution in [0.2, 0.25) is 0 Å². The molecule has 25 heavy (non-hydrogen) atoms. The van der Waals surface area contributed by atoms with Crippen molar-refractivity contribution in [3.63, 3.8) is 0 Å². The van der Waals surface area contributed by atoms with Crippen molar-refractivity contribution in [2.75, 3.05) is 0 Å². The van der Waals surface area contributed by atoms with Gasteiger partial charge < -0.3 is 0 Å². The third kappa shape index (κ3) is 5.29. The number of halogens is 6. The first-order chi connectivity index (χ1) is 11.1. The van der Waals surface area contributed by atoms with Crippen LogP contribution in [0, 0.1) is 0 Å². The van der Waals surface area contributed by atoms with Gasteiger partial charge in [0.1, 0.15) is 0 Å². The Hall–Kier alpha value is -1.38. The highest BCUT2D eigenvalue weighted by Crippen LogP contribution is 2.34. The summed E-state index contributed by atoms with van der Waals surface area (Å²) in [6, 6.07) is 6.51. The zero-order chi connectivity index (χ0) is 19.7. The minimum atomic E-state index is -6.42. The smallest absolute Gasteiger partial charge is 0.229 e. The molecule has 0 spiro atoms. The number of hydrogen-bond acceptors (Lipinski definition) is 6. The van der Waals surface area contributed by atoms with Gasteiger partial charge in [-0.1, -0.05) is 37.3 Å². The Labute approximate surface area is 138 Å². The summed E-state index contributed by atoms with van der Waals surface area (Å²) in [4.78, 5) is 0. The van der Waals surface area contributed by atoms with Gasteiger partial charge in [-0.05, 0) is 5.56 Å². The molecule has 0 aliphatic rings. The lowest BCUT2D eigenvalue weighted by Crippen LogP contribution is -2.38. The minimum Gasteiger partial charge on any atom is -0.229 e. The van der Waals surface area contributed by atoms with Crippen LogP contribution in [0.3, 0.4) is 0 Å². The molecular weight excluding hydrogens is 406 g/mol. The Balaban J connectivity index is 3.29. The van der Waals surface area contributed by atoms with E-state index in [4.69, 9.17) is 0 Å². The zero-order valence-corrected chi connectivity index (χ0v) is 13.7. The molecule has 0 bridgehead atoms. The largest absolute Gasteiger partial charge is 0.523 e. The minimum absolute atomic E-state index is 0.0257. The second kappa shape index (κ2) is 7.09. The summed E-state index contributed by atoms with van der Waals surface area (Å²) in [7, 11) is -12.8. The van der Waals surface area contributed by atoms with Gasteiger partial charge in [0.2, 0.25) is 0 Å². The summed E-state index contributed by atoms with van der Waals surface area (Å²) < 4.78 is 126. The van der Waals surface area contributed by atoms with Crippen LogP contribution in [-0.4, -0.2) is 34.1 Å². The van der Waals surface area contributed by atoms with Gasteiger partial charge in [0.25, 0.3) is 0 Å². The van der Waals surface area contributed by atoms with Gasteiger partial charge in [-0.25, -0.2) is 8.37 Å². The van der Waals surface area contributed by atoms with Crippen LogP contribution in [0.25, 0.3) is 0 Å². The summed E-state index contributed by atoms with van der Waals surface area (Å²) in [6.45, 7) is 0.928. The van der Waals surface area contributed by atoms with Gasteiger partial charge in [-0.15, -0.1) is 0 Å². The van der Waals surface area contributed by atoms with E-state index in [2.05, 4.69) is 8.37 Å². The van der Waals surface area contributed by atoms with E-state index in [0.29, 0.717) is 0 Å². The van der Waals surface area contributed by atoms with Crippen LogP contribution in [0.1, 0.15) is 18.4 Å². The van der Waals surface area contributed by atoms with E-state index in [1.165, 1.54) is 30.3 Å². The van der Waals surface area contributed by atoms with Crippen molar-refractivity contribution in [2.24, 2.45) is 0 Å². The van der Waals surface area contributed by atoms with Crippen molar-refractivity contribution in [1.29, 1.82) is 0 Å². The molecular formula is C11H10F6O6S2. The lowest BCUT2D eigenvalue weighted by molar-refractivity contribution is -0.0905. The highest BCUT2D eigenvalue weighted by molar-refractivity contribution is 7.88. The highest BCUT2D eigenvalue weighted by atomic mass is 32.2. The van der Waals surface area contributed by atoms with Crippen LogP contribution >= 0.6 is 0 Å². The maximum absolute atomic E-state index is 12.4. The topological polar surface area (TPSA) is 86.7 Å². The molecule has 0 aliphatic carbocycles. The van der Waals surface area contributed by atoms with Crippen molar-refractivity contribution < 1.29 is 51.5 Å². The molecule has 0 aromatic heterocycles. The third-order valence-electron chi connectivity index (χ3n) is 2.74. The van der Waals surface area contributed by atoms with Crippen molar-refractivity contribution in [3.05, 3.63) is 35.9 Å². The molecule has 0 saturated heterocycles. The van der Waals surface area contributed by atoms with Crippen molar-refractivity contribution in [1.82, 2.24) is 0 Å². The third-order valence-corrected chi connectivity index (χ3v) is 4.76. The first kappa shape index (κ1) is 21.7. The van der Waals surface area contributed by atoms with E-state index in [1.54, 1.807) is 0 Å². The average Bonchev–Trinajstić information content (AvgIpc) is 2.43. The van der Waals surface area contributed by atoms with E-state index < -0.39 is 43.5 Å². The Morgan fingerprint density at radius 3 is 1.48 bits per heavy atom. The SMILES string of the molecule is CC(c1ccccc1)C(OS(=O)(=O)C(F)(F)F)OS(=O)(=O)C(F)(F)F. The summed E-state index contributed by atoms with van der Waals surface area (Å²) in [5, 5.41) is 0. The molecule has 1 unspecified atom stereocenters. The Bertz CT molecular complexity index is 739. The summed E-state index contributed by atoms with van der Waals surface area (Å²) in [5.74, 6) is -1.62. The Morgan fingerprint density at radius 2 is 1.16 bits per heavy atom. The maximum Gasteiger partial charge on any atom is 0.523 e. The van der Waals surface area contributed by atoms with Gasteiger partial charge in [-0.2, -0.15) is 43.2 Å². The summed E-state index contributed by atoms with van der Waals surface area (Å²) in [5.41, 5.74) is -12.0. The maximum atomic E-state index is 12.4. The first-order valence-electron chi connectivity index (χ1n) is 6.12. The molecule has 0 aliphatic heterocycles. The quantitative estimate of drug-likeness (QED) is 0.307. The predicted octanol–water partition coefficient (Wildman–Crippen LogP) is 2.85. The molecule has 0 heterocycles. The molecule has 6 nitrogen and oxygen atoms in total. The number of rotatable bonds is 6. The molecule has 0 saturated carbocycles. The fourth-order valence-corrected chi connectivity index (χ4v) is 2.63. The second-order valence-corrected chi connectivity index (χ2v) is 7.69. The highest BCUT2D eigenvalue weighted by Gasteiger charge is 2.53. The van der Waals surface area contributed by atoms with E-state index in [-0.39, 0.29) is 5.56 Å². The standard InChI is InChI=1S/C11H10F6O6S2/c1-7(8-5-3-2-4-6-8)9(22-24(18,19)10(12,13)14)23-25(20,21)11(15,16)17/h2-7,9H,1H3. The fourth-order valence-electron chi connectivity index (χ4n) is 1.46. The molecule has 1 aromatic rings. The molecule has 0 radical (unpaired) electrons. The van der Waals surface area contributed by atoms with Crippen LogP contribution in [-0.2, 0) is 28.6 Å². The lowest BCUT2D eigenvalue weighted by Gasteiger charge is -2.24. The van der Waals surface area contributed by atoms with Gasteiger partial charge in [0, 0.05) is 5.92 Å². The molecule has 1 aromatic carbocycles. The number of hydrogen-bond donors (Lipinski definition) is 0. The van der Waals surface area contributed by atoms with Gasteiger partial charge in [0.05, 0.1) is 0 Å². The number of alkyl halides is 6. The van der Waals surface area contributed by atoms with E-state index >= 15 is 0 Å². The van der Waals surface area contributed by atoms with Crippen molar-refractivity contribution in [2.45, 2.75) is 30.1 Å². The fraction of sp³-hybridized carbons (Fsp3) is 0.455. The van der Waals surface area contributed by atoms with Crippen molar-refractivity contribution >= 4 is 20.2 Å². The molecule has 0 amide bonds. The van der Waals surface area contributed by atoms with Crippen LogP contribution in [0.4, 0.5) is 26.3 Å².